The van der Waals surface area contributed by atoms with Crippen molar-refractivity contribution >= 4 is 0 Å². The second kappa shape index (κ2) is 5.48. The molecule has 0 amide bonds. The fourth-order valence-corrected chi connectivity index (χ4v) is 1.13. The fourth-order valence-electron chi connectivity index (χ4n) is 1.13. The Labute approximate surface area is 63.8 Å². The molecule has 1 atom stereocenters. The minimum Gasteiger partial charge on any atom is -0.389 e. The van der Waals surface area contributed by atoms with E-state index in [2.05, 4.69) is 13.8 Å². The molecule has 0 saturated heterocycles. The zero-order chi connectivity index (χ0) is 7.98. The molecule has 0 aromatic carbocycles. The second-order valence-electron chi connectivity index (χ2n) is 2.59. The first kappa shape index (κ1) is 9.70. The monoisotopic (exact) mass is 142 g/mol. The van der Waals surface area contributed by atoms with Crippen LogP contribution in [0.15, 0.2) is 12.2 Å². The lowest BCUT2D eigenvalue weighted by Gasteiger charge is -2.15. The van der Waals surface area contributed by atoms with E-state index in [1.807, 2.05) is 19.1 Å². The highest BCUT2D eigenvalue weighted by molar-refractivity contribution is 4.88. The molecule has 0 radical (unpaired) electrons. The molecule has 0 saturated carbocycles. The summed E-state index contributed by atoms with van der Waals surface area (Å²) in [6.07, 6.45) is 5.64. The van der Waals surface area contributed by atoms with Crippen molar-refractivity contribution in [1.82, 2.24) is 0 Å². The third-order valence-corrected chi connectivity index (χ3v) is 1.92. The number of rotatable bonds is 4. The van der Waals surface area contributed by atoms with Crippen molar-refractivity contribution in [1.29, 1.82) is 0 Å². The summed E-state index contributed by atoms with van der Waals surface area (Å²) < 4.78 is 0. The Kier molecular flexibility index (Phi) is 5.32. The van der Waals surface area contributed by atoms with E-state index in [4.69, 9.17) is 0 Å². The average Bonchev–Trinajstić information content (AvgIpc) is 1.91. The van der Waals surface area contributed by atoms with Gasteiger partial charge in [-0.3, -0.25) is 0 Å². The third kappa shape index (κ3) is 3.02. The second-order valence-corrected chi connectivity index (χ2v) is 2.59. The van der Waals surface area contributed by atoms with E-state index in [-0.39, 0.29) is 6.10 Å². The number of hydrogen-bond donors (Lipinski definition) is 1. The van der Waals surface area contributed by atoms with Crippen molar-refractivity contribution < 1.29 is 5.11 Å². The van der Waals surface area contributed by atoms with Gasteiger partial charge in [0.05, 0.1) is 6.10 Å². The number of hydrogen-bond acceptors (Lipinski definition) is 1. The van der Waals surface area contributed by atoms with E-state index in [1.165, 1.54) is 0 Å². The van der Waals surface area contributed by atoms with Crippen LogP contribution in [0.3, 0.4) is 0 Å². The summed E-state index contributed by atoms with van der Waals surface area (Å²) in [5.74, 6) is 0.441. The predicted octanol–water partition coefficient (Wildman–Crippen LogP) is 2.36. The predicted molar refractivity (Wildman–Crippen MR) is 44.9 cm³/mol. The maximum Gasteiger partial charge on any atom is 0.0748 e. The highest BCUT2D eigenvalue weighted by Gasteiger charge is 2.10. The molecule has 0 spiro atoms. The Balaban J connectivity index is 3.75. The molecule has 0 aromatic rings. The van der Waals surface area contributed by atoms with Gasteiger partial charge < -0.3 is 5.11 Å². The summed E-state index contributed by atoms with van der Waals surface area (Å²) in [5, 5.41) is 9.42. The molecule has 0 rings (SSSR count). The molecule has 1 nitrogen and oxygen atoms in total. The van der Waals surface area contributed by atoms with Gasteiger partial charge in [-0.25, -0.2) is 0 Å². The molecule has 0 aliphatic heterocycles. The smallest absolute Gasteiger partial charge is 0.0748 e. The van der Waals surface area contributed by atoms with Gasteiger partial charge in [0.1, 0.15) is 0 Å². The van der Waals surface area contributed by atoms with Crippen LogP contribution in [0.1, 0.15) is 33.6 Å². The van der Waals surface area contributed by atoms with Crippen molar-refractivity contribution in [2.45, 2.75) is 39.7 Å². The first-order valence-corrected chi connectivity index (χ1v) is 4.07. The first-order chi connectivity index (χ1) is 4.76. The Morgan fingerprint density at radius 2 is 1.80 bits per heavy atom. The minimum atomic E-state index is -0.236. The van der Waals surface area contributed by atoms with E-state index >= 15 is 0 Å². The van der Waals surface area contributed by atoms with Gasteiger partial charge in [-0.05, 0) is 12.8 Å². The average molecular weight is 142 g/mol. The summed E-state index contributed by atoms with van der Waals surface area (Å²) in [6.45, 7) is 6.16. The third-order valence-electron chi connectivity index (χ3n) is 1.92. The van der Waals surface area contributed by atoms with Gasteiger partial charge in [0.2, 0.25) is 0 Å². The van der Waals surface area contributed by atoms with Crippen LogP contribution in [-0.2, 0) is 0 Å². The van der Waals surface area contributed by atoms with Crippen LogP contribution < -0.4 is 0 Å². The normalized spacial score (nSPS) is 14.9. The summed E-state index contributed by atoms with van der Waals surface area (Å²) in [6, 6.07) is 0. The zero-order valence-electron chi connectivity index (χ0n) is 7.17. The quantitative estimate of drug-likeness (QED) is 0.597. The topological polar surface area (TPSA) is 20.2 Å². The van der Waals surface area contributed by atoms with Crippen LogP contribution in [0, 0.1) is 5.92 Å². The summed E-state index contributed by atoms with van der Waals surface area (Å²) in [7, 11) is 0. The van der Waals surface area contributed by atoms with Crippen LogP contribution >= 0.6 is 0 Å². The molecule has 0 heterocycles. The lowest BCUT2D eigenvalue weighted by Crippen LogP contribution is -2.15. The Morgan fingerprint density at radius 3 is 2.10 bits per heavy atom. The van der Waals surface area contributed by atoms with E-state index in [9.17, 15) is 5.11 Å². The van der Waals surface area contributed by atoms with Crippen molar-refractivity contribution in [2.75, 3.05) is 0 Å². The van der Waals surface area contributed by atoms with Gasteiger partial charge in [0, 0.05) is 0 Å². The Hall–Kier alpha value is -0.300. The molecular weight excluding hydrogens is 124 g/mol. The molecule has 0 unspecified atom stereocenters. The van der Waals surface area contributed by atoms with Gasteiger partial charge in [0.25, 0.3) is 0 Å². The molecular formula is C9H18O. The van der Waals surface area contributed by atoms with Crippen molar-refractivity contribution in [3.63, 3.8) is 0 Å². The number of aliphatic hydroxyl groups is 1. The number of aliphatic hydroxyl groups excluding tert-OH is 1. The summed E-state index contributed by atoms with van der Waals surface area (Å²) in [5.41, 5.74) is 0. The van der Waals surface area contributed by atoms with Gasteiger partial charge in [-0.1, -0.05) is 38.8 Å². The molecule has 0 aliphatic carbocycles. The molecule has 60 valence electrons. The SMILES string of the molecule is C/C=C/[C@@H](O)C(CC)CC. The Bertz CT molecular complexity index is 92.9. The summed E-state index contributed by atoms with van der Waals surface area (Å²) >= 11 is 0. The van der Waals surface area contributed by atoms with E-state index < -0.39 is 0 Å². The standard InChI is InChI=1S/C9H18O/c1-4-7-9(10)8(5-2)6-3/h4,7-10H,5-6H2,1-3H3/b7-4+/t9-/m1/s1. The van der Waals surface area contributed by atoms with Crippen LogP contribution in [-0.4, -0.2) is 11.2 Å². The molecule has 0 aromatic heterocycles. The van der Waals surface area contributed by atoms with E-state index in [0.29, 0.717) is 5.92 Å². The molecule has 1 N–H and O–H groups in total. The molecule has 1 heteroatoms. The largest absolute Gasteiger partial charge is 0.389 e. The highest BCUT2D eigenvalue weighted by atomic mass is 16.3. The minimum absolute atomic E-state index is 0.236. The van der Waals surface area contributed by atoms with Crippen molar-refractivity contribution in [3.8, 4) is 0 Å². The zero-order valence-corrected chi connectivity index (χ0v) is 7.17. The van der Waals surface area contributed by atoms with Crippen LogP contribution in [0.2, 0.25) is 0 Å². The molecule has 0 bridgehead atoms. The first-order valence-electron chi connectivity index (χ1n) is 4.07. The van der Waals surface area contributed by atoms with Crippen LogP contribution in [0.25, 0.3) is 0 Å². The maximum absolute atomic E-state index is 9.42. The van der Waals surface area contributed by atoms with Crippen molar-refractivity contribution in [2.24, 2.45) is 5.92 Å². The lowest BCUT2D eigenvalue weighted by atomic mass is 9.96. The highest BCUT2D eigenvalue weighted by Crippen LogP contribution is 2.13. The van der Waals surface area contributed by atoms with E-state index in [1.54, 1.807) is 0 Å². The lowest BCUT2D eigenvalue weighted by molar-refractivity contribution is 0.146. The molecule has 10 heavy (non-hydrogen) atoms. The van der Waals surface area contributed by atoms with Gasteiger partial charge in [0.15, 0.2) is 0 Å². The Morgan fingerprint density at radius 1 is 1.30 bits per heavy atom. The van der Waals surface area contributed by atoms with Crippen LogP contribution in [0.5, 0.6) is 0 Å². The fraction of sp³-hybridized carbons (Fsp3) is 0.778. The van der Waals surface area contributed by atoms with Gasteiger partial charge in [-0.2, -0.15) is 0 Å². The number of allylic oxidation sites excluding steroid dienone is 1. The maximum atomic E-state index is 9.42. The molecule has 0 fully saturated rings. The summed E-state index contributed by atoms with van der Waals surface area (Å²) in [4.78, 5) is 0. The molecule has 0 aliphatic rings. The van der Waals surface area contributed by atoms with Gasteiger partial charge in [-0.15, -0.1) is 0 Å². The van der Waals surface area contributed by atoms with Gasteiger partial charge >= 0.3 is 0 Å². The van der Waals surface area contributed by atoms with Crippen LogP contribution in [0.4, 0.5) is 0 Å². The van der Waals surface area contributed by atoms with E-state index in [0.717, 1.165) is 12.8 Å². The van der Waals surface area contributed by atoms with Crippen molar-refractivity contribution in [3.05, 3.63) is 12.2 Å².